The Kier molecular flexibility index (Phi) is 3.59. The van der Waals surface area contributed by atoms with Gasteiger partial charge >= 0.3 is 0 Å². The Morgan fingerprint density at radius 2 is 2.20 bits per heavy atom. The number of benzene rings is 1. The topological polar surface area (TPSA) is 26.3 Å². The molecule has 0 saturated carbocycles. The van der Waals surface area contributed by atoms with Gasteiger partial charge in [0.1, 0.15) is 0 Å². The highest BCUT2D eigenvalue weighted by atomic mass is 79.9. The summed E-state index contributed by atoms with van der Waals surface area (Å²) >= 11 is 6.77. The lowest BCUT2D eigenvalue weighted by atomic mass is 9.97. The van der Waals surface area contributed by atoms with Crippen molar-refractivity contribution in [2.24, 2.45) is 5.92 Å². The first-order valence-electron chi connectivity index (χ1n) is 4.75. The summed E-state index contributed by atoms with van der Waals surface area (Å²) in [6, 6.07) is 5.62. The third-order valence-electron chi connectivity index (χ3n) is 2.50. The number of ether oxygens (including phenoxy) is 1. The molecule has 4 heteroatoms. The zero-order chi connectivity index (χ0) is 10.8. The maximum Gasteiger partial charge on any atom is 0.169 e. The van der Waals surface area contributed by atoms with Crippen molar-refractivity contribution in [3.63, 3.8) is 0 Å². The van der Waals surface area contributed by atoms with Gasteiger partial charge in [-0.05, 0) is 24.6 Å². The van der Waals surface area contributed by atoms with Crippen LogP contribution in [0.2, 0.25) is 0 Å². The predicted octanol–water partition coefficient (Wildman–Crippen LogP) is 3.43. The molecule has 1 aliphatic heterocycles. The molecule has 0 bridgehead atoms. The minimum Gasteiger partial charge on any atom is -0.381 e. The molecule has 2 nitrogen and oxygen atoms in total. The van der Waals surface area contributed by atoms with E-state index >= 15 is 0 Å². The molecule has 1 atom stereocenters. The van der Waals surface area contributed by atoms with E-state index in [1.54, 1.807) is 0 Å². The van der Waals surface area contributed by atoms with Crippen molar-refractivity contribution in [2.75, 3.05) is 13.2 Å². The molecule has 1 heterocycles. The highest BCUT2D eigenvalue weighted by molar-refractivity contribution is 9.11. The Morgan fingerprint density at radius 3 is 2.80 bits per heavy atom. The molecule has 15 heavy (non-hydrogen) atoms. The molecular weight excluding hydrogens is 324 g/mol. The van der Waals surface area contributed by atoms with Crippen molar-refractivity contribution in [3.05, 3.63) is 32.7 Å². The van der Waals surface area contributed by atoms with Crippen LogP contribution in [-0.2, 0) is 4.74 Å². The summed E-state index contributed by atoms with van der Waals surface area (Å²) in [5.41, 5.74) is 0.744. The smallest absolute Gasteiger partial charge is 0.169 e. The number of hydrogen-bond acceptors (Lipinski definition) is 2. The van der Waals surface area contributed by atoms with Crippen LogP contribution in [0.4, 0.5) is 0 Å². The molecule has 1 unspecified atom stereocenters. The average molecular weight is 334 g/mol. The summed E-state index contributed by atoms with van der Waals surface area (Å²) in [6.07, 6.45) is 0.835. The Balaban J connectivity index is 2.24. The predicted molar refractivity (Wildman–Crippen MR) is 65.1 cm³/mol. The van der Waals surface area contributed by atoms with E-state index in [1.165, 1.54) is 0 Å². The molecule has 80 valence electrons. The molecule has 0 N–H and O–H groups in total. The van der Waals surface area contributed by atoms with Gasteiger partial charge in [-0.2, -0.15) is 0 Å². The first-order valence-corrected chi connectivity index (χ1v) is 6.34. The molecule has 0 amide bonds. The summed E-state index contributed by atoms with van der Waals surface area (Å²) in [6.45, 7) is 1.26. The van der Waals surface area contributed by atoms with Crippen molar-refractivity contribution in [3.8, 4) is 0 Å². The Morgan fingerprint density at radius 1 is 1.40 bits per heavy atom. The molecule has 0 aliphatic carbocycles. The highest BCUT2D eigenvalue weighted by Gasteiger charge is 2.25. The van der Waals surface area contributed by atoms with Gasteiger partial charge in [-0.3, -0.25) is 4.79 Å². The fourth-order valence-electron chi connectivity index (χ4n) is 1.65. The second kappa shape index (κ2) is 4.76. The average Bonchev–Trinajstić information content (AvgIpc) is 2.69. The Hall–Kier alpha value is -0.190. The quantitative estimate of drug-likeness (QED) is 0.775. The fourth-order valence-corrected chi connectivity index (χ4v) is 2.89. The van der Waals surface area contributed by atoms with E-state index in [4.69, 9.17) is 4.74 Å². The fraction of sp³-hybridized carbons (Fsp3) is 0.364. The van der Waals surface area contributed by atoms with E-state index in [-0.39, 0.29) is 11.7 Å². The van der Waals surface area contributed by atoms with Gasteiger partial charge in [0.15, 0.2) is 5.78 Å². The molecule has 1 saturated heterocycles. The van der Waals surface area contributed by atoms with Gasteiger partial charge in [-0.1, -0.05) is 31.9 Å². The van der Waals surface area contributed by atoms with Crippen LogP contribution in [0.5, 0.6) is 0 Å². The second-order valence-corrected chi connectivity index (χ2v) is 5.32. The summed E-state index contributed by atoms with van der Waals surface area (Å²) in [5, 5.41) is 0. The van der Waals surface area contributed by atoms with Crippen molar-refractivity contribution < 1.29 is 9.53 Å². The maximum atomic E-state index is 12.1. The van der Waals surface area contributed by atoms with Gasteiger partial charge in [0.05, 0.1) is 6.61 Å². The largest absolute Gasteiger partial charge is 0.381 e. The van der Waals surface area contributed by atoms with E-state index < -0.39 is 0 Å². The number of hydrogen-bond donors (Lipinski definition) is 0. The molecule has 1 aromatic carbocycles. The SMILES string of the molecule is O=C(c1ccc(Br)cc1Br)C1CCOC1. The zero-order valence-corrected chi connectivity index (χ0v) is 11.2. The molecular formula is C11H10Br2O2. The van der Waals surface area contributed by atoms with Crippen LogP contribution in [0.15, 0.2) is 27.1 Å². The molecule has 0 radical (unpaired) electrons. The normalized spacial score (nSPS) is 20.5. The molecule has 1 aliphatic rings. The summed E-state index contributed by atoms with van der Waals surface area (Å²) < 4.78 is 7.03. The minimum absolute atomic E-state index is 0.0301. The molecule has 2 rings (SSSR count). The van der Waals surface area contributed by atoms with E-state index in [0.29, 0.717) is 13.2 Å². The van der Waals surface area contributed by atoms with Crippen LogP contribution in [0, 0.1) is 5.92 Å². The molecule has 0 spiro atoms. The summed E-state index contributed by atoms with van der Waals surface area (Å²) in [4.78, 5) is 12.1. The van der Waals surface area contributed by atoms with Gasteiger partial charge in [0.2, 0.25) is 0 Å². The highest BCUT2D eigenvalue weighted by Crippen LogP contribution is 2.26. The van der Waals surface area contributed by atoms with Crippen molar-refractivity contribution >= 4 is 37.6 Å². The lowest BCUT2D eigenvalue weighted by Gasteiger charge is -2.08. The number of ketones is 1. The maximum absolute atomic E-state index is 12.1. The van der Waals surface area contributed by atoms with Crippen LogP contribution in [0.25, 0.3) is 0 Å². The number of carbonyl (C=O) groups excluding carboxylic acids is 1. The number of Topliss-reactive ketones (excluding diaryl/α,β-unsaturated/α-hetero) is 1. The first-order chi connectivity index (χ1) is 7.18. The Bertz CT molecular complexity index is 384. The number of carbonyl (C=O) groups is 1. The zero-order valence-electron chi connectivity index (χ0n) is 8.00. The summed E-state index contributed by atoms with van der Waals surface area (Å²) in [7, 11) is 0. The lowest BCUT2D eigenvalue weighted by molar-refractivity contribution is 0.0899. The summed E-state index contributed by atoms with van der Waals surface area (Å²) in [5.74, 6) is 0.203. The van der Waals surface area contributed by atoms with Gasteiger partial charge in [0, 0.05) is 27.0 Å². The standard InChI is InChI=1S/C11H10Br2O2/c12-8-1-2-9(10(13)5-8)11(14)7-3-4-15-6-7/h1-2,5,7H,3-4,6H2. The van der Waals surface area contributed by atoms with E-state index in [1.807, 2.05) is 18.2 Å². The second-order valence-electron chi connectivity index (χ2n) is 3.55. The molecule has 1 aromatic rings. The van der Waals surface area contributed by atoms with Crippen LogP contribution in [-0.4, -0.2) is 19.0 Å². The van der Waals surface area contributed by atoms with Crippen LogP contribution in [0.3, 0.4) is 0 Å². The van der Waals surface area contributed by atoms with Crippen molar-refractivity contribution in [1.29, 1.82) is 0 Å². The molecule has 0 aromatic heterocycles. The number of rotatable bonds is 2. The molecule has 1 fully saturated rings. The van der Waals surface area contributed by atoms with Crippen LogP contribution >= 0.6 is 31.9 Å². The van der Waals surface area contributed by atoms with Crippen molar-refractivity contribution in [1.82, 2.24) is 0 Å². The third kappa shape index (κ3) is 2.49. The monoisotopic (exact) mass is 332 g/mol. The van der Waals surface area contributed by atoms with Gasteiger partial charge < -0.3 is 4.74 Å². The Labute approximate surface area is 105 Å². The van der Waals surface area contributed by atoms with E-state index in [0.717, 1.165) is 20.9 Å². The minimum atomic E-state index is 0.0301. The third-order valence-corrected chi connectivity index (χ3v) is 3.65. The van der Waals surface area contributed by atoms with Gasteiger partial charge in [-0.25, -0.2) is 0 Å². The van der Waals surface area contributed by atoms with Crippen molar-refractivity contribution in [2.45, 2.75) is 6.42 Å². The number of halogens is 2. The van der Waals surface area contributed by atoms with Gasteiger partial charge in [0.25, 0.3) is 0 Å². The van der Waals surface area contributed by atoms with Gasteiger partial charge in [-0.15, -0.1) is 0 Å². The lowest BCUT2D eigenvalue weighted by Crippen LogP contribution is -2.15. The van der Waals surface area contributed by atoms with Crippen LogP contribution in [0.1, 0.15) is 16.8 Å². The first kappa shape index (κ1) is 11.3. The van der Waals surface area contributed by atoms with E-state index in [2.05, 4.69) is 31.9 Å². The van der Waals surface area contributed by atoms with Crippen LogP contribution < -0.4 is 0 Å². The van der Waals surface area contributed by atoms with E-state index in [9.17, 15) is 4.79 Å².